The lowest BCUT2D eigenvalue weighted by molar-refractivity contribution is 0.781. The van der Waals surface area contributed by atoms with Gasteiger partial charge in [0.05, 0.1) is 11.7 Å². The lowest BCUT2D eigenvalue weighted by atomic mass is 9.92. The van der Waals surface area contributed by atoms with Crippen molar-refractivity contribution in [1.29, 1.82) is 0 Å². The third-order valence-electron chi connectivity index (χ3n) is 10.6. The van der Waals surface area contributed by atoms with E-state index in [4.69, 9.17) is 4.99 Å². The summed E-state index contributed by atoms with van der Waals surface area (Å²) >= 11 is 0. The summed E-state index contributed by atoms with van der Waals surface area (Å²) in [6.07, 6.45) is 5.96. The van der Waals surface area contributed by atoms with E-state index in [2.05, 4.69) is 192 Å². The van der Waals surface area contributed by atoms with Crippen molar-refractivity contribution in [2.75, 3.05) is 0 Å². The van der Waals surface area contributed by atoms with Crippen LogP contribution in [0.3, 0.4) is 0 Å². The molecule has 1 aliphatic heterocycles. The Labute approximate surface area is 314 Å². The van der Waals surface area contributed by atoms with Crippen molar-refractivity contribution in [3.8, 4) is 33.4 Å². The van der Waals surface area contributed by atoms with E-state index in [-0.39, 0.29) is 6.04 Å². The molecule has 9 aromatic rings. The topological polar surface area (TPSA) is 37.3 Å². The zero-order valence-corrected chi connectivity index (χ0v) is 29.5. The molecule has 0 saturated carbocycles. The maximum atomic E-state index is 5.32. The molecule has 54 heavy (non-hydrogen) atoms. The van der Waals surface area contributed by atoms with Crippen molar-refractivity contribution in [2.45, 2.75) is 6.04 Å². The van der Waals surface area contributed by atoms with Gasteiger partial charge in [0.2, 0.25) is 0 Å². The fourth-order valence-electron chi connectivity index (χ4n) is 7.90. The molecule has 0 fully saturated rings. The second-order valence-electron chi connectivity index (χ2n) is 13.9. The Balaban J connectivity index is 1.08. The van der Waals surface area contributed by atoms with Crippen molar-refractivity contribution < 1.29 is 0 Å². The first kappa shape index (κ1) is 31.6. The molecule has 1 unspecified atom stereocenters. The Morgan fingerprint density at radius 3 is 1.89 bits per heavy atom. The molecule has 0 aliphatic carbocycles. The second-order valence-corrected chi connectivity index (χ2v) is 13.9. The van der Waals surface area contributed by atoms with Gasteiger partial charge in [0.25, 0.3) is 0 Å². The van der Waals surface area contributed by atoms with Gasteiger partial charge in [-0.3, -0.25) is 4.98 Å². The Morgan fingerprint density at radius 2 is 1.06 bits per heavy atom. The van der Waals surface area contributed by atoms with Crippen LogP contribution in [0.15, 0.2) is 205 Å². The van der Waals surface area contributed by atoms with Gasteiger partial charge < -0.3 is 5.32 Å². The third-order valence-corrected chi connectivity index (χ3v) is 10.6. The van der Waals surface area contributed by atoms with Gasteiger partial charge in [-0.2, -0.15) is 0 Å². The fourth-order valence-corrected chi connectivity index (χ4v) is 7.90. The lowest BCUT2D eigenvalue weighted by Gasteiger charge is -2.25. The number of fused-ring (bicyclic) bond motifs is 4. The normalized spacial score (nSPS) is 14.1. The number of aliphatic imine (C=N–C) groups is 1. The highest BCUT2D eigenvalue weighted by atomic mass is 15.0. The first-order valence-corrected chi connectivity index (χ1v) is 18.4. The van der Waals surface area contributed by atoms with Gasteiger partial charge in [-0.1, -0.05) is 158 Å². The van der Waals surface area contributed by atoms with Crippen molar-refractivity contribution in [3.63, 3.8) is 0 Å². The number of aromatic nitrogens is 1. The summed E-state index contributed by atoms with van der Waals surface area (Å²) in [6, 6.07) is 65.2. The summed E-state index contributed by atoms with van der Waals surface area (Å²) < 4.78 is 0. The number of nitrogens with one attached hydrogen (secondary N) is 1. The molecule has 0 bridgehead atoms. The number of hydrogen-bond acceptors (Lipinski definition) is 3. The van der Waals surface area contributed by atoms with E-state index in [9.17, 15) is 0 Å². The van der Waals surface area contributed by atoms with Gasteiger partial charge in [0.15, 0.2) is 0 Å². The molecule has 1 aliphatic rings. The molecular formula is C51H35N3. The highest BCUT2D eigenvalue weighted by Crippen LogP contribution is 2.37. The monoisotopic (exact) mass is 689 g/mol. The van der Waals surface area contributed by atoms with Crippen LogP contribution in [-0.2, 0) is 0 Å². The van der Waals surface area contributed by atoms with Crippen molar-refractivity contribution in [1.82, 2.24) is 10.3 Å². The van der Waals surface area contributed by atoms with Crippen LogP contribution >= 0.6 is 0 Å². The first-order valence-electron chi connectivity index (χ1n) is 18.4. The van der Waals surface area contributed by atoms with Crippen LogP contribution in [0, 0.1) is 0 Å². The van der Waals surface area contributed by atoms with Crippen LogP contribution in [-0.4, -0.2) is 10.8 Å². The number of pyridine rings is 1. The predicted molar refractivity (Wildman–Crippen MR) is 226 cm³/mol. The van der Waals surface area contributed by atoms with E-state index < -0.39 is 0 Å². The van der Waals surface area contributed by atoms with Crippen molar-refractivity contribution in [2.24, 2.45) is 4.99 Å². The number of nitrogens with zero attached hydrogens (tertiary/aromatic N) is 2. The standard InChI is InChI=1S/C51H35N3/c1-3-19-43-35(11-1)13-9-23-44(43)37-14-7-16-40(29-37)50-32-49(36-26-24-34(25-27-36)42-18-10-28-52-33-42)53-51(54-50)41-17-8-15-38(30-41)48-31-39-12-2-4-20-45(39)46-21-5-6-22-47(46)48/h1-33,50H,(H,53,54). The fraction of sp³-hybridized carbons (Fsp3) is 0.0196. The number of hydrogen-bond donors (Lipinski definition) is 1. The number of rotatable bonds is 6. The van der Waals surface area contributed by atoms with Crippen LogP contribution in [0.1, 0.15) is 22.7 Å². The van der Waals surface area contributed by atoms with E-state index in [1.807, 2.05) is 12.3 Å². The molecule has 1 atom stereocenters. The third kappa shape index (κ3) is 5.82. The van der Waals surface area contributed by atoms with E-state index >= 15 is 0 Å². The largest absolute Gasteiger partial charge is 0.359 e. The Morgan fingerprint density at radius 1 is 0.407 bits per heavy atom. The van der Waals surface area contributed by atoms with E-state index in [1.54, 1.807) is 6.20 Å². The molecule has 10 rings (SSSR count). The maximum Gasteiger partial charge on any atom is 0.134 e. The molecule has 0 saturated heterocycles. The van der Waals surface area contributed by atoms with Crippen LogP contribution in [0.2, 0.25) is 0 Å². The van der Waals surface area contributed by atoms with E-state index in [0.29, 0.717) is 0 Å². The molecule has 3 heteroatoms. The summed E-state index contributed by atoms with van der Waals surface area (Å²) in [5, 5.41) is 11.3. The Bertz CT molecular complexity index is 2900. The van der Waals surface area contributed by atoms with E-state index in [1.165, 1.54) is 54.6 Å². The molecule has 2 heterocycles. The van der Waals surface area contributed by atoms with Gasteiger partial charge in [-0.25, -0.2) is 4.99 Å². The zero-order chi connectivity index (χ0) is 35.8. The lowest BCUT2D eigenvalue weighted by Crippen LogP contribution is -2.31. The summed E-state index contributed by atoms with van der Waals surface area (Å²) in [5.74, 6) is 0.844. The summed E-state index contributed by atoms with van der Waals surface area (Å²) in [7, 11) is 0. The smallest absolute Gasteiger partial charge is 0.134 e. The van der Waals surface area contributed by atoms with Gasteiger partial charge in [0, 0.05) is 18.0 Å². The predicted octanol–water partition coefficient (Wildman–Crippen LogP) is 12.7. The number of amidine groups is 1. The zero-order valence-electron chi connectivity index (χ0n) is 29.5. The van der Waals surface area contributed by atoms with Gasteiger partial charge in [0.1, 0.15) is 5.84 Å². The van der Waals surface area contributed by atoms with Crippen LogP contribution in [0.5, 0.6) is 0 Å². The minimum atomic E-state index is -0.106. The highest BCUT2D eigenvalue weighted by molar-refractivity contribution is 6.14. The molecule has 1 N–H and O–H groups in total. The minimum Gasteiger partial charge on any atom is -0.359 e. The molecule has 0 radical (unpaired) electrons. The maximum absolute atomic E-state index is 5.32. The van der Waals surface area contributed by atoms with Crippen LogP contribution in [0.4, 0.5) is 0 Å². The number of benzene rings is 8. The minimum absolute atomic E-state index is 0.106. The highest BCUT2D eigenvalue weighted by Gasteiger charge is 2.21. The average Bonchev–Trinajstić information content (AvgIpc) is 3.26. The van der Waals surface area contributed by atoms with E-state index in [0.717, 1.165) is 39.3 Å². The second kappa shape index (κ2) is 13.5. The van der Waals surface area contributed by atoms with Gasteiger partial charge >= 0.3 is 0 Å². The van der Waals surface area contributed by atoms with Crippen LogP contribution < -0.4 is 5.32 Å². The van der Waals surface area contributed by atoms with Crippen molar-refractivity contribution in [3.05, 3.63) is 217 Å². The van der Waals surface area contributed by atoms with Crippen LogP contribution in [0.25, 0.3) is 71.4 Å². The summed E-state index contributed by atoms with van der Waals surface area (Å²) in [6.45, 7) is 0. The summed E-state index contributed by atoms with van der Waals surface area (Å²) in [4.78, 5) is 9.65. The Kier molecular flexibility index (Phi) is 7.88. The Hall–Kier alpha value is -7.10. The summed E-state index contributed by atoms with van der Waals surface area (Å²) in [5.41, 5.74) is 11.2. The molecule has 0 amide bonds. The molecule has 8 aromatic carbocycles. The van der Waals surface area contributed by atoms with Gasteiger partial charge in [-0.05, 0) is 107 Å². The molecule has 3 nitrogen and oxygen atoms in total. The molecule has 0 spiro atoms. The van der Waals surface area contributed by atoms with Gasteiger partial charge in [-0.15, -0.1) is 0 Å². The molecule has 1 aromatic heterocycles. The average molecular weight is 690 g/mol. The van der Waals surface area contributed by atoms with Crippen molar-refractivity contribution >= 4 is 43.9 Å². The first-order chi connectivity index (χ1) is 26.7. The molecular weight excluding hydrogens is 655 g/mol. The SMILES string of the molecule is C1=C(c2ccc(-c3cccnc3)cc2)N=C(c2cccc(-c3cc4ccccc4c4ccccc34)c2)NC1c1cccc(-c2cccc3ccccc23)c1. The molecule has 254 valence electrons. The quantitative estimate of drug-likeness (QED) is 0.176.